The van der Waals surface area contributed by atoms with Crippen molar-refractivity contribution in [2.45, 2.75) is 374 Å². The molecule has 0 amide bonds. The van der Waals surface area contributed by atoms with Crippen molar-refractivity contribution >= 4 is 17.9 Å². The fourth-order valence-electron chi connectivity index (χ4n) is 10.3. The predicted molar refractivity (Wildman–Crippen MR) is 353 cm³/mol. The van der Waals surface area contributed by atoms with Crippen molar-refractivity contribution in [1.82, 2.24) is 0 Å². The number of allylic oxidation sites excluding steroid dienone is 12. The molecule has 0 radical (unpaired) electrons. The Morgan fingerprint density at radius 1 is 0.247 bits per heavy atom. The number of rotatable bonds is 65. The molecule has 0 aromatic carbocycles. The van der Waals surface area contributed by atoms with Crippen LogP contribution in [0.5, 0.6) is 0 Å². The fraction of sp³-hybridized carbons (Fsp3) is 0.800. The molecule has 0 rings (SSSR count). The van der Waals surface area contributed by atoms with E-state index >= 15 is 0 Å². The molecule has 6 nitrogen and oxygen atoms in total. The molecule has 1 unspecified atom stereocenters. The topological polar surface area (TPSA) is 78.9 Å². The van der Waals surface area contributed by atoms with Gasteiger partial charge in [0.05, 0.1) is 0 Å². The van der Waals surface area contributed by atoms with Crippen LogP contribution < -0.4 is 0 Å². The fourth-order valence-corrected chi connectivity index (χ4v) is 10.3. The van der Waals surface area contributed by atoms with E-state index in [-0.39, 0.29) is 31.1 Å². The zero-order valence-electron chi connectivity index (χ0n) is 54.1. The molecule has 6 heteroatoms. The Morgan fingerprint density at radius 3 is 0.728 bits per heavy atom. The van der Waals surface area contributed by atoms with E-state index in [0.717, 1.165) is 103 Å². The van der Waals surface area contributed by atoms with Crippen LogP contribution in [0.1, 0.15) is 367 Å². The second-order valence-corrected chi connectivity index (χ2v) is 23.8. The van der Waals surface area contributed by atoms with Crippen LogP contribution in [-0.4, -0.2) is 37.2 Å². The van der Waals surface area contributed by atoms with Crippen LogP contribution >= 0.6 is 0 Å². The molecule has 0 N–H and O–H groups in total. The van der Waals surface area contributed by atoms with Crippen molar-refractivity contribution in [3.05, 3.63) is 72.9 Å². The molecule has 0 fully saturated rings. The molecule has 81 heavy (non-hydrogen) atoms. The predicted octanol–water partition coefficient (Wildman–Crippen LogP) is 24.4. The molecule has 0 aliphatic heterocycles. The number of hydrogen-bond acceptors (Lipinski definition) is 6. The van der Waals surface area contributed by atoms with Crippen molar-refractivity contribution in [3.8, 4) is 0 Å². The van der Waals surface area contributed by atoms with Crippen molar-refractivity contribution in [2.24, 2.45) is 0 Å². The van der Waals surface area contributed by atoms with Gasteiger partial charge in [-0.3, -0.25) is 14.4 Å². The van der Waals surface area contributed by atoms with Gasteiger partial charge in [-0.15, -0.1) is 0 Å². The summed E-state index contributed by atoms with van der Waals surface area (Å²) in [4.78, 5) is 38.4. The Kier molecular flexibility index (Phi) is 66.6. The molecular weight excluding hydrogens is 997 g/mol. The number of esters is 3. The minimum absolute atomic E-state index is 0.0828. The molecular formula is C75H134O6. The van der Waals surface area contributed by atoms with Gasteiger partial charge in [0.1, 0.15) is 13.2 Å². The van der Waals surface area contributed by atoms with Crippen molar-refractivity contribution in [2.75, 3.05) is 13.2 Å². The number of unbranched alkanes of at least 4 members (excludes halogenated alkanes) is 42. The Bertz CT molecular complexity index is 1490. The summed E-state index contributed by atoms with van der Waals surface area (Å²) in [5, 5.41) is 0. The first-order valence-corrected chi connectivity index (χ1v) is 35.4. The van der Waals surface area contributed by atoms with E-state index in [4.69, 9.17) is 14.2 Å². The van der Waals surface area contributed by atoms with Crippen molar-refractivity contribution in [1.29, 1.82) is 0 Å². The first-order valence-electron chi connectivity index (χ1n) is 35.4. The maximum Gasteiger partial charge on any atom is 0.306 e. The smallest absolute Gasteiger partial charge is 0.306 e. The Hall–Kier alpha value is -3.15. The van der Waals surface area contributed by atoms with Gasteiger partial charge >= 0.3 is 17.9 Å². The van der Waals surface area contributed by atoms with Gasteiger partial charge in [0.25, 0.3) is 0 Å². The maximum atomic E-state index is 12.9. The van der Waals surface area contributed by atoms with Gasteiger partial charge in [-0.05, 0) is 116 Å². The quantitative estimate of drug-likeness (QED) is 0.0261. The van der Waals surface area contributed by atoms with Crippen molar-refractivity contribution < 1.29 is 28.6 Å². The summed E-state index contributed by atoms with van der Waals surface area (Å²) < 4.78 is 17.0. The van der Waals surface area contributed by atoms with Crippen LogP contribution in [-0.2, 0) is 28.6 Å². The van der Waals surface area contributed by atoms with Crippen LogP contribution in [0.15, 0.2) is 72.9 Å². The monoisotopic (exact) mass is 1130 g/mol. The lowest BCUT2D eigenvalue weighted by Gasteiger charge is -2.18. The summed E-state index contributed by atoms with van der Waals surface area (Å²) in [6, 6.07) is 0. The molecule has 0 saturated heterocycles. The Balaban J connectivity index is 4.27. The van der Waals surface area contributed by atoms with E-state index < -0.39 is 6.10 Å². The van der Waals surface area contributed by atoms with Gasteiger partial charge < -0.3 is 14.2 Å². The summed E-state index contributed by atoms with van der Waals surface area (Å²) in [6.07, 6.45) is 90.7. The molecule has 0 heterocycles. The lowest BCUT2D eigenvalue weighted by molar-refractivity contribution is -0.167. The maximum absolute atomic E-state index is 12.9. The van der Waals surface area contributed by atoms with E-state index in [1.54, 1.807) is 0 Å². The average Bonchev–Trinajstić information content (AvgIpc) is 3.47. The summed E-state index contributed by atoms with van der Waals surface area (Å²) >= 11 is 0. The van der Waals surface area contributed by atoms with Crippen LogP contribution in [0.3, 0.4) is 0 Å². The van der Waals surface area contributed by atoms with Crippen LogP contribution in [0.4, 0.5) is 0 Å². The Labute approximate surface area is 503 Å². The molecule has 0 aliphatic rings. The average molecular weight is 1130 g/mol. The third-order valence-electron chi connectivity index (χ3n) is 15.7. The molecule has 0 spiro atoms. The van der Waals surface area contributed by atoms with Gasteiger partial charge in [0.15, 0.2) is 6.10 Å². The van der Waals surface area contributed by atoms with Gasteiger partial charge in [-0.2, -0.15) is 0 Å². The van der Waals surface area contributed by atoms with E-state index in [9.17, 15) is 14.4 Å². The van der Waals surface area contributed by atoms with E-state index in [1.165, 1.54) is 225 Å². The zero-order chi connectivity index (χ0) is 58.5. The second kappa shape index (κ2) is 69.3. The normalized spacial score (nSPS) is 12.5. The lowest BCUT2D eigenvalue weighted by atomic mass is 10.0. The minimum Gasteiger partial charge on any atom is -0.462 e. The lowest BCUT2D eigenvalue weighted by Crippen LogP contribution is -2.30. The third kappa shape index (κ3) is 67.5. The molecule has 0 aromatic rings. The van der Waals surface area contributed by atoms with Gasteiger partial charge in [-0.25, -0.2) is 0 Å². The number of ether oxygens (including phenoxy) is 3. The zero-order valence-corrected chi connectivity index (χ0v) is 54.1. The molecule has 1 atom stereocenters. The van der Waals surface area contributed by atoms with E-state index in [1.807, 2.05) is 0 Å². The number of carbonyl (C=O) groups excluding carboxylic acids is 3. The SMILES string of the molecule is CCCCC/C=C\C/C=C\C/C=C\CCCCCCCCC(=O)OC(COC(=O)CCCCCCC/C=C\C/C=C\CCCCC)COC(=O)CCCCCCCCCCCCCCCCCCC/C=C\CCCCCCCCCC. The van der Waals surface area contributed by atoms with Crippen LogP contribution in [0, 0.1) is 0 Å². The van der Waals surface area contributed by atoms with Gasteiger partial charge in [-0.1, -0.05) is 306 Å². The molecule has 0 saturated carbocycles. The number of hydrogen-bond donors (Lipinski definition) is 0. The second-order valence-electron chi connectivity index (χ2n) is 23.8. The first-order chi connectivity index (χ1) is 40.0. The first kappa shape index (κ1) is 77.9. The van der Waals surface area contributed by atoms with Crippen LogP contribution in [0.25, 0.3) is 0 Å². The summed E-state index contributed by atoms with van der Waals surface area (Å²) in [6.45, 7) is 6.61. The minimum atomic E-state index is -0.789. The highest BCUT2D eigenvalue weighted by Gasteiger charge is 2.19. The molecule has 0 aliphatic carbocycles. The molecule has 0 bridgehead atoms. The van der Waals surface area contributed by atoms with Crippen LogP contribution in [0.2, 0.25) is 0 Å². The van der Waals surface area contributed by atoms with Gasteiger partial charge in [0, 0.05) is 19.3 Å². The summed E-state index contributed by atoms with van der Waals surface area (Å²) in [7, 11) is 0. The summed E-state index contributed by atoms with van der Waals surface area (Å²) in [5.74, 6) is -0.891. The molecule has 0 aromatic heterocycles. The Morgan fingerprint density at radius 2 is 0.444 bits per heavy atom. The molecule has 470 valence electrons. The van der Waals surface area contributed by atoms with E-state index in [2.05, 4.69) is 93.7 Å². The highest BCUT2D eigenvalue weighted by atomic mass is 16.6. The highest BCUT2D eigenvalue weighted by Crippen LogP contribution is 2.17. The third-order valence-corrected chi connectivity index (χ3v) is 15.7. The highest BCUT2D eigenvalue weighted by molar-refractivity contribution is 5.71. The van der Waals surface area contributed by atoms with E-state index in [0.29, 0.717) is 19.3 Å². The van der Waals surface area contributed by atoms with Crippen molar-refractivity contribution in [3.63, 3.8) is 0 Å². The summed E-state index contributed by atoms with van der Waals surface area (Å²) in [5.41, 5.74) is 0. The largest absolute Gasteiger partial charge is 0.462 e. The standard InChI is InChI=1S/C75H134O6/c1-4-7-10-13-16-19-22-25-28-30-32-33-34-35-36-37-38-39-40-41-43-44-47-50-53-56-59-62-65-68-74(77)80-71-72(70-79-73(76)67-64-61-58-55-52-49-46-27-24-21-18-15-12-9-6-3)81-75(78)69-66-63-60-57-54-51-48-45-42-31-29-26-23-20-17-14-11-8-5-2/h17-18,20-21,26-27,29-30,32,42,45-46,72H,4-16,19,22-25,28,31,33-41,43-44,47-71H2,1-3H3/b20-17-,21-18-,29-26-,32-30-,45-42-,46-27-. The number of carbonyl (C=O) groups is 3. The van der Waals surface area contributed by atoms with Gasteiger partial charge in [0.2, 0.25) is 0 Å².